The van der Waals surface area contributed by atoms with Crippen molar-refractivity contribution in [2.45, 2.75) is 6.18 Å². The van der Waals surface area contributed by atoms with Crippen molar-refractivity contribution in [1.82, 2.24) is 4.90 Å². The van der Waals surface area contributed by atoms with Crippen LogP contribution in [0.2, 0.25) is 0 Å². The molecule has 7 heteroatoms. The number of hydrogen-bond donors (Lipinski definition) is 0. The number of carbonyl (C=O) groups is 1. The Kier molecular flexibility index (Phi) is 5.63. The predicted octanol–water partition coefficient (Wildman–Crippen LogP) is 2.89. The molecular formula is C14H16F3NO3. The maximum Gasteiger partial charge on any atom is 0.406 e. The monoisotopic (exact) mass is 303 g/mol. The quantitative estimate of drug-likeness (QED) is 0.759. The zero-order valence-corrected chi connectivity index (χ0v) is 11.7. The van der Waals surface area contributed by atoms with Crippen molar-refractivity contribution >= 4 is 5.91 Å². The van der Waals surface area contributed by atoms with Crippen LogP contribution in [0.15, 0.2) is 30.9 Å². The molecule has 0 aliphatic heterocycles. The summed E-state index contributed by atoms with van der Waals surface area (Å²) in [6, 6.07) is 4.29. The summed E-state index contributed by atoms with van der Waals surface area (Å²) in [6.07, 6.45) is -3.25. The molecular weight excluding hydrogens is 287 g/mol. The summed E-state index contributed by atoms with van der Waals surface area (Å²) < 4.78 is 47.6. The van der Waals surface area contributed by atoms with Crippen molar-refractivity contribution in [2.75, 3.05) is 27.3 Å². The highest BCUT2D eigenvalue weighted by atomic mass is 19.4. The van der Waals surface area contributed by atoms with Crippen molar-refractivity contribution in [3.63, 3.8) is 0 Å². The van der Waals surface area contributed by atoms with Crippen LogP contribution in [-0.2, 0) is 0 Å². The summed E-state index contributed by atoms with van der Waals surface area (Å²) in [5.74, 6) is -0.197. The van der Waals surface area contributed by atoms with E-state index in [0.29, 0.717) is 10.6 Å². The third kappa shape index (κ3) is 4.70. The fourth-order valence-corrected chi connectivity index (χ4v) is 1.74. The molecule has 0 saturated carbocycles. The van der Waals surface area contributed by atoms with Crippen LogP contribution < -0.4 is 9.47 Å². The molecule has 0 heterocycles. The maximum absolute atomic E-state index is 12.5. The molecule has 4 nitrogen and oxygen atoms in total. The lowest BCUT2D eigenvalue weighted by atomic mass is 10.1. The molecule has 1 aromatic carbocycles. The minimum atomic E-state index is -4.49. The molecule has 0 N–H and O–H groups in total. The summed E-state index contributed by atoms with van der Waals surface area (Å²) in [6.45, 7) is 1.80. The second-order valence-electron chi connectivity index (χ2n) is 4.16. The number of methoxy groups -OCH3 is 2. The lowest BCUT2D eigenvalue weighted by Gasteiger charge is -2.23. The Balaban J connectivity index is 3.11. The molecule has 0 saturated heterocycles. The van der Waals surface area contributed by atoms with E-state index in [9.17, 15) is 18.0 Å². The fraction of sp³-hybridized carbons (Fsp3) is 0.357. The molecule has 0 aromatic heterocycles. The van der Waals surface area contributed by atoms with Crippen molar-refractivity contribution in [3.05, 3.63) is 36.4 Å². The molecule has 21 heavy (non-hydrogen) atoms. The number of hydrogen-bond acceptors (Lipinski definition) is 3. The number of alkyl halides is 3. The van der Waals surface area contributed by atoms with Gasteiger partial charge in [-0.05, 0) is 12.1 Å². The Bertz CT molecular complexity index is 515. The second kappa shape index (κ2) is 7.01. The highest BCUT2D eigenvalue weighted by Crippen LogP contribution is 2.27. The van der Waals surface area contributed by atoms with Crippen molar-refractivity contribution in [3.8, 4) is 11.5 Å². The van der Waals surface area contributed by atoms with Crippen LogP contribution in [0.1, 0.15) is 10.4 Å². The van der Waals surface area contributed by atoms with Gasteiger partial charge in [-0.15, -0.1) is 6.58 Å². The van der Waals surface area contributed by atoms with E-state index in [4.69, 9.17) is 9.47 Å². The van der Waals surface area contributed by atoms with Gasteiger partial charge in [-0.1, -0.05) is 6.08 Å². The van der Waals surface area contributed by atoms with Gasteiger partial charge in [-0.2, -0.15) is 13.2 Å². The molecule has 0 radical (unpaired) electrons. The molecule has 1 amide bonds. The molecule has 0 bridgehead atoms. The Hall–Kier alpha value is -2.18. The van der Waals surface area contributed by atoms with E-state index < -0.39 is 18.6 Å². The first kappa shape index (κ1) is 16.9. The zero-order valence-electron chi connectivity index (χ0n) is 11.7. The van der Waals surface area contributed by atoms with Gasteiger partial charge < -0.3 is 14.4 Å². The van der Waals surface area contributed by atoms with Crippen LogP contribution in [0.4, 0.5) is 13.2 Å². The molecule has 1 aromatic rings. The van der Waals surface area contributed by atoms with Gasteiger partial charge in [0.25, 0.3) is 5.91 Å². The highest BCUT2D eigenvalue weighted by molar-refractivity contribution is 5.97. The average Bonchev–Trinajstić information content (AvgIpc) is 2.44. The first-order valence-corrected chi connectivity index (χ1v) is 6.01. The number of carbonyl (C=O) groups excluding carboxylic acids is 1. The lowest BCUT2D eigenvalue weighted by molar-refractivity contribution is -0.139. The van der Waals surface area contributed by atoms with Crippen molar-refractivity contribution in [1.29, 1.82) is 0 Å². The number of nitrogens with zero attached hydrogens (tertiary/aromatic N) is 1. The van der Waals surface area contributed by atoms with Crippen LogP contribution in [-0.4, -0.2) is 44.3 Å². The smallest absolute Gasteiger partial charge is 0.406 e. The van der Waals surface area contributed by atoms with Gasteiger partial charge in [-0.3, -0.25) is 4.79 Å². The summed E-state index contributed by atoms with van der Waals surface area (Å²) in [5.41, 5.74) is 0.0319. The maximum atomic E-state index is 12.5. The van der Waals surface area contributed by atoms with E-state index >= 15 is 0 Å². The first-order valence-electron chi connectivity index (χ1n) is 6.01. The van der Waals surface area contributed by atoms with Gasteiger partial charge in [0.15, 0.2) is 0 Å². The molecule has 0 fully saturated rings. The number of rotatable bonds is 6. The van der Waals surface area contributed by atoms with E-state index in [1.807, 2.05) is 0 Å². The third-order valence-electron chi connectivity index (χ3n) is 2.65. The summed E-state index contributed by atoms with van der Waals surface area (Å²) in [5, 5.41) is 0. The second-order valence-corrected chi connectivity index (χ2v) is 4.16. The standard InChI is InChI=1S/C14H16F3NO3/c1-4-7-18(9-14(15,16)17)13(19)11-6-5-10(20-2)8-12(11)21-3/h4-6,8H,1,7,9H2,2-3H3. The molecule has 116 valence electrons. The number of amides is 1. The van der Waals surface area contributed by atoms with E-state index in [1.54, 1.807) is 0 Å². The molecule has 0 aliphatic rings. The third-order valence-corrected chi connectivity index (χ3v) is 2.65. The van der Waals surface area contributed by atoms with E-state index in [-0.39, 0.29) is 17.9 Å². The van der Waals surface area contributed by atoms with E-state index in [2.05, 4.69) is 6.58 Å². The minimum Gasteiger partial charge on any atom is -0.497 e. The van der Waals surface area contributed by atoms with Gasteiger partial charge in [-0.25, -0.2) is 0 Å². The fourth-order valence-electron chi connectivity index (χ4n) is 1.74. The minimum absolute atomic E-state index is 0.0319. The number of halogens is 3. The number of benzene rings is 1. The molecule has 0 unspecified atom stereocenters. The van der Waals surface area contributed by atoms with Crippen LogP contribution >= 0.6 is 0 Å². The van der Waals surface area contributed by atoms with Crippen molar-refractivity contribution in [2.24, 2.45) is 0 Å². The first-order chi connectivity index (χ1) is 9.82. The van der Waals surface area contributed by atoms with Gasteiger partial charge >= 0.3 is 6.18 Å². The Morgan fingerprint density at radius 1 is 1.33 bits per heavy atom. The van der Waals surface area contributed by atoms with Gasteiger partial charge in [0.1, 0.15) is 18.0 Å². The Labute approximate surface area is 120 Å². The van der Waals surface area contributed by atoms with E-state index in [0.717, 1.165) is 0 Å². The van der Waals surface area contributed by atoms with Gasteiger partial charge in [0.2, 0.25) is 0 Å². The van der Waals surface area contributed by atoms with Crippen LogP contribution in [0.3, 0.4) is 0 Å². The molecule has 0 aliphatic carbocycles. The van der Waals surface area contributed by atoms with Crippen LogP contribution in [0.25, 0.3) is 0 Å². The molecule has 0 spiro atoms. The lowest BCUT2D eigenvalue weighted by Crippen LogP contribution is -2.39. The van der Waals surface area contributed by atoms with Crippen LogP contribution in [0.5, 0.6) is 11.5 Å². The molecule has 0 atom stereocenters. The summed E-state index contributed by atoms with van der Waals surface area (Å²) in [4.78, 5) is 12.9. The summed E-state index contributed by atoms with van der Waals surface area (Å²) >= 11 is 0. The zero-order chi connectivity index (χ0) is 16.0. The Morgan fingerprint density at radius 3 is 2.48 bits per heavy atom. The highest BCUT2D eigenvalue weighted by Gasteiger charge is 2.33. The predicted molar refractivity (Wildman–Crippen MR) is 71.7 cm³/mol. The summed E-state index contributed by atoms with van der Waals surface area (Å²) in [7, 11) is 2.76. The normalized spacial score (nSPS) is 10.9. The van der Waals surface area contributed by atoms with Gasteiger partial charge in [0, 0.05) is 12.6 Å². The van der Waals surface area contributed by atoms with E-state index in [1.165, 1.54) is 38.5 Å². The SMILES string of the molecule is C=CCN(CC(F)(F)F)C(=O)c1ccc(OC)cc1OC. The largest absolute Gasteiger partial charge is 0.497 e. The topological polar surface area (TPSA) is 38.8 Å². The number of ether oxygens (including phenoxy) is 2. The molecule has 1 rings (SSSR count). The van der Waals surface area contributed by atoms with Crippen LogP contribution in [0, 0.1) is 0 Å². The van der Waals surface area contributed by atoms with Gasteiger partial charge in [0.05, 0.1) is 19.8 Å². The van der Waals surface area contributed by atoms with Crippen molar-refractivity contribution < 1.29 is 27.4 Å². The average molecular weight is 303 g/mol. The Morgan fingerprint density at radius 2 is 2.00 bits per heavy atom.